The second kappa shape index (κ2) is 5.54. The molecule has 0 fully saturated rings. The van der Waals surface area contributed by atoms with Gasteiger partial charge in [0.25, 0.3) is 0 Å². The zero-order valence-electron chi connectivity index (χ0n) is 10.7. The van der Waals surface area contributed by atoms with E-state index in [2.05, 4.69) is 0 Å². The van der Waals surface area contributed by atoms with E-state index in [1.54, 1.807) is 0 Å². The largest absolute Gasteiger partial charge is 0.469 e. The van der Waals surface area contributed by atoms with E-state index in [1.807, 2.05) is 60.2 Å². The molecule has 0 aliphatic carbocycles. The quantitative estimate of drug-likeness (QED) is 0.772. The highest BCUT2D eigenvalue weighted by Gasteiger charge is 2.22. The average Bonchev–Trinajstić information content (AvgIpc) is 2.89. The van der Waals surface area contributed by atoms with Crippen LogP contribution in [0.25, 0.3) is 5.69 Å². The van der Waals surface area contributed by atoms with E-state index in [1.165, 1.54) is 7.11 Å². The molecule has 1 atom stereocenters. The summed E-state index contributed by atoms with van der Waals surface area (Å²) in [6, 6.07) is 13.9. The normalized spacial score (nSPS) is 12.1. The van der Waals surface area contributed by atoms with Gasteiger partial charge in [0.2, 0.25) is 0 Å². The van der Waals surface area contributed by atoms with Crippen LogP contribution < -0.4 is 0 Å². The first-order chi connectivity index (χ1) is 8.77. The summed E-state index contributed by atoms with van der Waals surface area (Å²) in [5.74, 6) is -0.404. The summed E-state index contributed by atoms with van der Waals surface area (Å²) in [5, 5.41) is 0. The molecule has 0 saturated heterocycles. The van der Waals surface area contributed by atoms with Gasteiger partial charge in [0, 0.05) is 17.6 Å². The lowest BCUT2D eigenvalue weighted by atomic mass is 10.0. The van der Waals surface area contributed by atoms with Gasteiger partial charge in [-0.3, -0.25) is 4.79 Å². The van der Waals surface area contributed by atoms with Crippen LogP contribution in [0.15, 0.2) is 48.7 Å². The number of hydrogen-bond donors (Lipinski definition) is 0. The predicted molar refractivity (Wildman–Crippen MR) is 70.8 cm³/mol. The van der Waals surface area contributed by atoms with Gasteiger partial charge < -0.3 is 9.30 Å². The number of ether oxygens (including phenoxy) is 1. The fraction of sp³-hybridized carbons (Fsp3) is 0.267. The van der Waals surface area contributed by atoms with Crippen molar-refractivity contribution in [3.05, 3.63) is 54.4 Å². The molecular weight excluding hydrogens is 226 g/mol. The number of carbonyl (C=O) groups is 1. The van der Waals surface area contributed by atoms with Gasteiger partial charge in [0.1, 0.15) is 0 Å². The zero-order valence-corrected chi connectivity index (χ0v) is 10.7. The van der Waals surface area contributed by atoms with E-state index in [0.29, 0.717) is 0 Å². The summed E-state index contributed by atoms with van der Waals surface area (Å²) in [5.41, 5.74) is 2.02. The van der Waals surface area contributed by atoms with Crippen LogP contribution >= 0.6 is 0 Å². The zero-order chi connectivity index (χ0) is 13.0. The summed E-state index contributed by atoms with van der Waals surface area (Å²) in [4.78, 5) is 11.8. The van der Waals surface area contributed by atoms with Crippen LogP contribution in [0.1, 0.15) is 25.0 Å². The number of benzene rings is 1. The lowest BCUT2D eigenvalue weighted by Gasteiger charge is -2.16. The molecule has 0 aliphatic rings. The van der Waals surface area contributed by atoms with Crippen molar-refractivity contribution < 1.29 is 9.53 Å². The molecule has 94 valence electrons. The molecular formula is C15H17NO2. The molecule has 0 spiro atoms. The smallest absolute Gasteiger partial charge is 0.314 e. The van der Waals surface area contributed by atoms with E-state index in [-0.39, 0.29) is 11.9 Å². The van der Waals surface area contributed by atoms with Crippen molar-refractivity contribution in [2.45, 2.75) is 19.3 Å². The Balaban J connectivity index is 2.41. The van der Waals surface area contributed by atoms with E-state index in [9.17, 15) is 4.79 Å². The first-order valence-electron chi connectivity index (χ1n) is 6.08. The minimum atomic E-state index is -0.217. The Labute approximate surface area is 107 Å². The highest BCUT2D eigenvalue weighted by atomic mass is 16.5. The SMILES string of the molecule is CCC(C(=O)OC)c1cccn1-c1ccccc1. The molecule has 0 radical (unpaired) electrons. The van der Waals surface area contributed by atoms with Crippen LogP contribution in [0.2, 0.25) is 0 Å². The molecule has 18 heavy (non-hydrogen) atoms. The van der Waals surface area contributed by atoms with Crippen molar-refractivity contribution in [1.82, 2.24) is 4.57 Å². The van der Waals surface area contributed by atoms with Gasteiger partial charge in [-0.15, -0.1) is 0 Å². The maximum Gasteiger partial charge on any atom is 0.314 e. The van der Waals surface area contributed by atoms with Gasteiger partial charge in [-0.1, -0.05) is 25.1 Å². The van der Waals surface area contributed by atoms with Crippen LogP contribution in [-0.4, -0.2) is 17.6 Å². The Hall–Kier alpha value is -2.03. The fourth-order valence-electron chi connectivity index (χ4n) is 2.14. The van der Waals surface area contributed by atoms with E-state index >= 15 is 0 Å². The van der Waals surface area contributed by atoms with Crippen molar-refractivity contribution >= 4 is 5.97 Å². The van der Waals surface area contributed by atoms with E-state index in [4.69, 9.17) is 4.74 Å². The van der Waals surface area contributed by atoms with Crippen molar-refractivity contribution in [3.63, 3.8) is 0 Å². The molecule has 1 aromatic heterocycles. The van der Waals surface area contributed by atoms with Gasteiger partial charge in [-0.2, -0.15) is 0 Å². The summed E-state index contributed by atoms with van der Waals surface area (Å²) in [6.07, 6.45) is 2.69. The number of carbonyl (C=O) groups excluding carboxylic acids is 1. The maximum absolute atomic E-state index is 11.8. The first kappa shape index (κ1) is 12.4. The Morgan fingerprint density at radius 3 is 2.56 bits per heavy atom. The summed E-state index contributed by atoms with van der Waals surface area (Å²) >= 11 is 0. The van der Waals surface area contributed by atoms with Crippen LogP contribution in [-0.2, 0) is 9.53 Å². The Kier molecular flexibility index (Phi) is 3.82. The van der Waals surface area contributed by atoms with Crippen LogP contribution in [0.4, 0.5) is 0 Å². The molecule has 1 aromatic carbocycles. The van der Waals surface area contributed by atoms with Gasteiger partial charge in [-0.05, 0) is 30.7 Å². The molecule has 1 unspecified atom stereocenters. The molecule has 0 bridgehead atoms. The van der Waals surface area contributed by atoms with Crippen molar-refractivity contribution in [2.75, 3.05) is 7.11 Å². The van der Waals surface area contributed by atoms with E-state index in [0.717, 1.165) is 17.8 Å². The minimum absolute atomic E-state index is 0.187. The number of methoxy groups -OCH3 is 1. The maximum atomic E-state index is 11.8. The highest BCUT2D eigenvalue weighted by Crippen LogP contribution is 2.24. The lowest BCUT2D eigenvalue weighted by molar-refractivity contribution is -0.142. The number of para-hydroxylation sites is 1. The van der Waals surface area contributed by atoms with Gasteiger partial charge >= 0.3 is 5.97 Å². The third kappa shape index (κ3) is 2.30. The monoisotopic (exact) mass is 243 g/mol. The summed E-state index contributed by atoms with van der Waals surface area (Å²) in [6.45, 7) is 1.99. The number of hydrogen-bond acceptors (Lipinski definition) is 2. The van der Waals surface area contributed by atoms with Gasteiger partial charge in [0.15, 0.2) is 0 Å². The molecule has 2 aromatic rings. The molecule has 1 heterocycles. The lowest BCUT2D eigenvalue weighted by Crippen LogP contribution is -2.16. The Morgan fingerprint density at radius 1 is 1.22 bits per heavy atom. The van der Waals surface area contributed by atoms with Crippen LogP contribution in [0.3, 0.4) is 0 Å². The average molecular weight is 243 g/mol. The molecule has 2 rings (SSSR count). The summed E-state index contributed by atoms with van der Waals surface area (Å²) in [7, 11) is 1.43. The highest BCUT2D eigenvalue weighted by molar-refractivity contribution is 5.77. The Morgan fingerprint density at radius 2 is 1.94 bits per heavy atom. The summed E-state index contributed by atoms with van der Waals surface area (Å²) < 4.78 is 6.90. The number of aromatic nitrogens is 1. The second-order valence-corrected chi connectivity index (χ2v) is 4.12. The van der Waals surface area contributed by atoms with Crippen molar-refractivity contribution in [3.8, 4) is 5.69 Å². The van der Waals surface area contributed by atoms with Crippen molar-refractivity contribution in [1.29, 1.82) is 0 Å². The predicted octanol–water partition coefficient (Wildman–Crippen LogP) is 3.14. The number of nitrogens with zero attached hydrogens (tertiary/aromatic N) is 1. The number of rotatable bonds is 4. The number of esters is 1. The third-order valence-corrected chi connectivity index (χ3v) is 3.07. The van der Waals surface area contributed by atoms with Gasteiger partial charge in [0.05, 0.1) is 13.0 Å². The molecule has 0 amide bonds. The Bertz CT molecular complexity index is 516. The third-order valence-electron chi connectivity index (χ3n) is 3.07. The van der Waals surface area contributed by atoms with Crippen molar-refractivity contribution in [2.24, 2.45) is 0 Å². The molecule has 0 N–H and O–H groups in total. The fourth-order valence-corrected chi connectivity index (χ4v) is 2.14. The topological polar surface area (TPSA) is 31.2 Å². The van der Waals surface area contributed by atoms with E-state index < -0.39 is 0 Å². The molecule has 0 aliphatic heterocycles. The first-order valence-corrected chi connectivity index (χ1v) is 6.08. The minimum Gasteiger partial charge on any atom is -0.469 e. The van der Waals surface area contributed by atoms with Crippen LogP contribution in [0, 0.1) is 0 Å². The molecule has 3 nitrogen and oxygen atoms in total. The van der Waals surface area contributed by atoms with Crippen LogP contribution in [0.5, 0.6) is 0 Å². The standard InChI is InChI=1S/C15H17NO2/c1-3-13(15(17)18-2)14-10-7-11-16(14)12-8-5-4-6-9-12/h4-11,13H,3H2,1-2H3. The second-order valence-electron chi connectivity index (χ2n) is 4.12. The molecule has 0 saturated carbocycles. The van der Waals surface area contributed by atoms with Gasteiger partial charge in [-0.25, -0.2) is 0 Å². The molecule has 3 heteroatoms.